The monoisotopic (exact) mass is 403 g/mol. The van der Waals surface area contributed by atoms with Crippen molar-refractivity contribution >= 4 is 39.2 Å². The number of carbonyl (C=O) groups excluding carboxylic acids is 1. The van der Waals surface area contributed by atoms with Gasteiger partial charge in [0.1, 0.15) is 11.3 Å². The van der Waals surface area contributed by atoms with Crippen LogP contribution in [-0.2, 0) is 6.18 Å². The van der Waals surface area contributed by atoms with Crippen molar-refractivity contribution < 1.29 is 22.4 Å². The van der Waals surface area contributed by atoms with Gasteiger partial charge in [0.05, 0.1) is 11.3 Å². The summed E-state index contributed by atoms with van der Waals surface area (Å²) in [6.45, 7) is 0. The van der Waals surface area contributed by atoms with Gasteiger partial charge in [0.2, 0.25) is 0 Å². The average Bonchev–Trinajstić information content (AvgIpc) is 3.27. The first-order valence-electron chi connectivity index (χ1n) is 8.09. The number of alkyl halides is 3. The van der Waals surface area contributed by atoms with Crippen LogP contribution < -0.4 is 10.6 Å². The van der Waals surface area contributed by atoms with Crippen LogP contribution in [0.1, 0.15) is 5.56 Å². The van der Waals surface area contributed by atoms with Crippen molar-refractivity contribution in [2.24, 2.45) is 0 Å². The van der Waals surface area contributed by atoms with Gasteiger partial charge in [-0.2, -0.15) is 13.2 Å². The summed E-state index contributed by atoms with van der Waals surface area (Å²) in [7, 11) is 0. The second kappa shape index (κ2) is 7.01. The van der Waals surface area contributed by atoms with Crippen molar-refractivity contribution in [1.82, 2.24) is 4.98 Å². The lowest BCUT2D eigenvalue weighted by molar-refractivity contribution is -0.136. The van der Waals surface area contributed by atoms with Gasteiger partial charge in [-0.1, -0.05) is 30.3 Å². The highest BCUT2D eigenvalue weighted by Crippen LogP contribution is 2.35. The summed E-state index contributed by atoms with van der Waals surface area (Å²) in [5, 5.41) is 7.49. The molecule has 2 amide bonds. The minimum Gasteiger partial charge on any atom is -0.454 e. The molecule has 4 aromatic rings. The highest BCUT2D eigenvalue weighted by Gasteiger charge is 2.33. The maximum Gasteiger partial charge on any atom is 0.418 e. The van der Waals surface area contributed by atoms with Gasteiger partial charge in [-0.25, -0.2) is 9.78 Å². The third-order valence-corrected chi connectivity index (χ3v) is 4.64. The zero-order valence-corrected chi connectivity index (χ0v) is 14.9. The molecule has 0 spiro atoms. The van der Waals surface area contributed by atoms with Crippen molar-refractivity contribution in [2.45, 2.75) is 6.18 Å². The van der Waals surface area contributed by atoms with Crippen LogP contribution in [-0.4, -0.2) is 11.0 Å². The van der Waals surface area contributed by atoms with Gasteiger partial charge in [0, 0.05) is 10.8 Å². The van der Waals surface area contributed by atoms with Crippen LogP contribution in [0.4, 0.5) is 28.8 Å². The summed E-state index contributed by atoms with van der Waals surface area (Å²) in [6.07, 6.45) is -4.57. The van der Waals surface area contributed by atoms with Crippen LogP contribution in [0, 0.1) is 0 Å². The predicted molar refractivity (Wildman–Crippen MR) is 101 cm³/mol. The van der Waals surface area contributed by atoms with Crippen molar-refractivity contribution in [1.29, 1.82) is 0 Å². The zero-order valence-electron chi connectivity index (χ0n) is 14.1. The van der Waals surface area contributed by atoms with Crippen LogP contribution in [0.25, 0.3) is 22.4 Å². The number of amides is 2. The summed E-state index contributed by atoms with van der Waals surface area (Å²) >= 11 is 1.14. The highest BCUT2D eigenvalue weighted by molar-refractivity contribution is 7.14. The lowest BCUT2D eigenvalue weighted by Crippen LogP contribution is -2.21. The summed E-state index contributed by atoms with van der Waals surface area (Å²) < 4.78 is 44.7. The minimum absolute atomic E-state index is 0.234. The van der Waals surface area contributed by atoms with Gasteiger partial charge >= 0.3 is 12.2 Å². The first-order chi connectivity index (χ1) is 13.4. The maximum atomic E-state index is 13.0. The number of nitrogens with one attached hydrogen (secondary N) is 2. The molecule has 9 heteroatoms. The Hall–Kier alpha value is -3.33. The molecule has 2 heterocycles. The second-order valence-corrected chi connectivity index (χ2v) is 6.67. The van der Waals surface area contributed by atoms with E-state index in [1.165, 1.54) is 18.2 Å². The number of rotatable bonds is 3. The van der Waals surface area contributed by atoms with Crippen LogP contribution in [0.2, 0.25) is 0 Å². The number of para-hydroxylation sites is 2. The van der Waals surface area contributed by atoms with E-state index < -0.39 is 17.8 Å². The molecule has 2 N–H and O–H groups in total. The standard InChI is InChI=1S/C19H12F3N3O2S/c20-19(21,22)12-6-2-3-7-13(12)23-17(26)25-18-24-14(10-28-18)16-9-11-5-1-4-8-15(11)27-16/h1-10H,(H2,23,24,25,26). The number of halogens is 3. The molecular weight excluding hydrogens is 391 g/mol. The van der Waals surface area contributed by atoms with Gasteiger partial charge in [0.15, 0.2) is 10.9 Å². The molecule has 0 aliphatic rings. The Morgan fingerprint density at radius 3 is 2.57 bits per heavy atom. The largest absolute Gasteiger partial charge is 0.454 e. The van der Waals surface area contributed by atoms with Crippen molar-refractivity contribution in [3.63, 3.8) is 0 Å². The van der Waals surface area contributed by atoms with E-state index in [4.69, 9.17) is 4.42 Å². The summed E-state index contributed by atoms with van der Waals surface area (Å²) in [6, 6.07) is 13.2. The molecule has 0 saturated heterocycles. The first-order valence-corrected chi connectivity index (χ1v) is 8.97. The fraction of sp³-hybridized carbons (Fsp3) is 0.0526. The van der Waals surface area contributed by atoms with E-state index in [2.05, 4.69) is 15.6 Å². The average molecular weight is 403 g/mol. The molecule has 0 aliphatic carbocycles. The van der Waals surface area contributed by atoms with E-state index in [0.717, 1.165) is 22.8 Å². The molecule has 2 aromatic heterocycles. The quantitative estimate of drug-likeness (QED) is 0.427. The van der Waals surface area contributed by atoms with Crippen LogP contribution in [0.3, 0.4) is 0 Å². The number of aromatic nitrogens is 1. The van der Waals surface area contributed by atoms with E-state index in [9.17, 15) is 18.0 Å². The normalized spacial score (nSPS) is 11.5. The number of anilines is 2. The number of fused-ring (bicyclic) bond motifs is 1. The molecule has 0 aliphatic heterocycles. The highest BCUT2D eigenvalue weighted by atomic mass is 32.1. The predicted octanol–water partition coefficient (Wildman–Crippen LogP) is 6.22. The molecule has 0 radical (unpaired) electrons. The number of thiazole rings is 1. The Morgan fingerprint density at radius 2 is 1.79 bits per heavy atom. The number of hydrogen-bond acceptors (Lipinski definition) is 4. The van der Waals surface area contributed by atoms with Crippen molar-refractivity contribution in [3.8, 4) is 11.5 Å². The number of furan rings is 1. The van der Waals surface area contributed by atoms with Gasteiger partial charge < -0.3 is 9.73 Å². The third-order valence-electron chi connectivity index (χ3n) is 3.88. The molecule has 0 bridgehead atoms. The van der Waals surface area contributed by atoms with E-state index in [-0.39, 0.29) is 10.8 Å². The summed E-state index contributed by atoms with van der Waals surface area (Å²) in [5.74, 6) is 0.535. The molecule has 2 aromatic carbocycles. The second-order valence-electron chi connectivity index (χ2n) is 5.81. The Balaban J connectivity index is 1.49. The van der Waals surface area contributed by atoms with E-state index in [1.54, 1.807) is 5.38 Å². The van der Waals surface area contributed by atoms with E-state index >= 15 is 0 Å². The molecule has 0 unspecified atom stereocenters. The lowest BCUT2D eigenvalue weighted by atomic mass is 10.1. The van der Waals surface area contributed by atoms with Gasteiger partial charge in [-0.05, 0) is 24.3 Å². The number of benzene rings is 2. The first kappa shape index (κ1) is 18.1. The molecule has 5 nitrogen and oxygen atoms in total. The Labute approximate surface area is 160 Å². The minimum atomic E-state index is -4.57. The molecule has 0 saturated carbocycles. The molecule has 28 heavy (non-hydrogen) atoms. The van der Waals surface area contributed by atoms with Crippen molar-refractivity contribution in [2.75, 3.05) is 10.6 Å². The Bertz CT molecular complexity index is 1120. The Morgan fingerprint density at radius 1 is 1.04 bits per heavy atom. The molecule has 142 valence electrons. The topological polar surface area (TPSA) is 67.2 Å². The van der Waals surface area contributed by atoms with E-state index in [0.29, 0.717) is 17.0 Å². The molecule has 0 atom stereocenters. The van der Waals surface area contributed by atoms with Crippen LogP contribution in [0.15, 0.2) is 64.4 Å². The number of urea groups is 1. The third kappa shape index (κ3) is 3.70. The number of hydrogen-bond donors (Lipinski definition) is 2. The van der Waals surface area contributed by atoms with Gasteiger partial charge in [0.25, 0.3) is 0 Å². The fourth-order valence-corrected chi connectivity index (χ4v) is 3.34. The fourth-order valence-electron chi connectivity index (χ4n) is 2.64. The number of nitrogens with zero attached hydrogens (tertiary/aromatic N) is 1. The summed E-state index contributed by atoms with van der Waals surface area (Å²) in [4.78, 5) is 16.4. The molecule has 0 fully saturated rings. The van der Waals surface area contributed by atoms with Crippen LogP contribution in [0.5, 0.6) is 0 Å². The molecule has 4 rings (SSSR count). The number of carbonyl (C=O) groups is 1. The van der Waals surface area contributed by atoms with Crippen molar-refractivity contribution in [3.05, 3.63) is 65.5 Å². The maximum absolute atomic E-state index is 13.0. The summed E-state index contributed by atoms with van der Waals surface area (Å²) in [5.41, 5.74) is -0.0254. The van der Waals surface area contributed by atoms with Crippen LogP contribution >= 0.6 is 11.3 Å². The lowest BCUT2D eigenvalue weighted by Gasteiger charge is -2.13. The zero-order chi connectivity index (χ0) is 19.7. The molecular formula is C19H12F3N3O2S. The smallest absolute Gasteiger partial charge is 0.418 e. The SMILES string of the molecule is O=C(Nc1nc(-c2cc3ccccc3o2)cs1)Nc1ccccc1C(F)(F)F. The van der Waals surface area contributed by atoms with Gasteiger partial charge in [-0.15, -0.1) is 11.3 Å². The van der Waals surface area contributed by atoms with Gasteiger partial charge in [-0.3, -0.25) is 5.32 Å². The van der Waals surface area contributed by atoms with E-state index in [1.807, 2.05) is 30.3 Å². The Kier molecular flexibility index (Phi) is 4.52.